The molecule has 0 aliphatic rings. The van der Waals surface area contributed by atoms with Gasteiger partial charge in [0.05, 0.1) is 4.83 Å². The van der Waals surface area contributed by atoms with Crippen LogP contribution in [0.15, 0.2) is 12.4 Å². The SMILES string of the molecule is CC(Br)c1nccn1C. The third-order valence-corrected chi connectivity index (χ3v) is 1.62. The van der Waals surface area contributed by atoms with E-state index in [1.807, 2.05) is 17.8 Å². The van der Waals surface area contributed by atoms with Crippen LogP contribution in [0.1, 0.15) is 17.6 Å². The summed E-state index contributed by atoms with van der Waals surface area (Å²) in [5.41, 5.74) is 0. The van der Waals surface area contributed by atoms with Crippen molar-refractivity contribution in [2.45, 2.75) is 11.8 Å². The quantitative estimate of drug-likeness (QED) is 0.616. The smallest absolute Gasteiger partial charge is 0.121 e. The second-order valence-corrected chi connectivity index (χ2v) is 3.39. The molecule has 0 saturated carbocycles. The number of aromatic nitrogens is 2. The molecule has 0 N–H and O–H groups in total. The number of nitrogens with zero attached hydrogens (tertiary/aromatic N) is 2. The highest BCUT2D eigenvalue weighted by Crippen LogP contribution is 2.17. The maximum absolute atomic E-state index is 4.13. The van der Waals surface area contributed by atoms with Gasteiger partial charge >= 0.3 is 0 Å². The summed E-state index contributed by atoms with van der Waals surface area (Å²) in [6.45, 7) is 2.06. The standard InChI is InChI=1S/C6H9BrN2/c1-5(7)6-8-3-4-9(6)2/h3-5H,1-2H3. The van der Waals surface area contributed by atoms with E-state index in [1.165, 1.54) is 0 Å². The predicted octanol–water partition coefficient (Wildman–Crippen LogP) is 1.88. The molecule has 0 radical (unpaired) electrons. The zero-order valence-corrected chi connectivity index (χ0v) is 7.09. The van der Waals surface area contributed by atoms with Crippen molar-refractivity contribution in [1.29, 1.82) is 0 Å². The molecule has 1 atom stereocenters. The van der Waals surface area contributed by atoms with Gasteiger partial charge in [-0.05, 0) is 6.92 Å². The van der Waals surface area contributed by atoms with Crippen molar-refractivity contribution in [3.8, 4) is 0 Å². The van der Waals surface area contributed by atoms with E-state index in [1.54, 1.807) is 6.20 Å². The van der Waals surface area contributed by atoms with Crippen LogP contribution in [0, 0.1) is 0 Å². The molecule has 0 aliphatic heterocycles. The Balaban J connectivity index is 2.94. The van der Waals surface area contributed by atoms with Crippen LogP contribution in [0.2, 0.25) is 0 Å². The van der Waals surface area contributed by atoms with Crippen molar-refractivity contribution in [3.63, 3.8) is 0 Å². The zero-order chi connectivity index (χ0) is 6.85. The Morgan fingerprint density at radius 3 is 2.67 bits per heavy atom. The third kappa shape index (κ3) is 1.33. The molecule has 1 heterocycles. The van der Waals surface area contributed by atoms with Gasteiger partial charge in [-0.1, -0.05) is 15.9 Å². The van der Waals surface area contributed by atoms with Crippen molar-refractivity contribution >= 4 is 15.9 Å². The first-order chi connectivity index (χ1) is 4.22. The van der Waals surface area contributed by atoms with Crippen LogP contribution >= 0.6 is 15.9 Å². The van der Waals surface area contributed by atoms with Gasteiger partial charge in [-0.2, -0.15) is 0 Å². The molecule has 1 rings (SSSR count). The van der Waals surface area contributed by atoms with Gasteiger partial charge in [0.1, 0.15) is 5.82 Å². The highest BCUT2D eigenvalue weighted by Gasteiger charge is 2.03. The predicted molar refractivity (Wildman–Crippen MR) is 40.6 cm³/mol. The van der Waals surface area contributed by atoms with Crippen LogP contribution in [-0.2, 0) is 7.05 Å². The summed E-state index contributed by atoms with van der Waals surface area (Å²) < 4.78 is 2.00. The van der Waals surface area contributed by atoms with Crippen molar-refractivity contribution in [1.82, 2.24) is 9.55 Å². The Bertz CT molecular complexity index is 193. The van der Waals surface area contributed by atoms with Crippen LogP contribution in [0.4, 0.5) is 0 Å². The molecule has 0 fully saturated rings. The molecular weight excluding hydrogens is 180 g/mol. The fourth-order valence-corrected chi connectivity index (χ4v) is 1.20. The summed E-state index contributed by atoms with van der Waals surface area (Å²) in [4.78, 5) is 4.48. The van der Waals surface area contributed by atoms with Crippen molar-refractivity contribution < 1.29 is 0 Å². The van der Waals surface area contributed by atoms with Gasteiger partial charge in [-0.3, -0.25) is 0 Å². The van der Waals surface area contributed by atoms with E-state index in [0.717, 1.165) is 5.82 Å². The lowest BCUT2D eigenvalue weighted by Gasteiger charge is -2.00. The van der Waals surface area contributed by atoms with Gasteiger partial charge in [0.25, 0.3) is 0 Å². The minimum absolute atomic E-state index is 0.345. The Kier molecular flexibility index (Phi) is 1.90. The van der Waals surface area contributed by atoms with E-state index < -0.39 is 0 Å². The lowest BCUT2D eigenvalue weighted by molar-refractivity contribution is 0.804. The van der Waals surface area contributed by atoms with Gasteiger partial charge in [-0.15, -0.1) is 0 Å². The fraction of sp³-hybridized carbons (Fsp3) is 0.500. The molecule has 2 nitrogen and oxygen atoms in total. The van der Waals surface area contributed by atoms with E-state index in [4.69, 9.17) is 0 Å². The van der Waals surface area contributed by atoms with Crippen LogP contribution in [-0.4, -0.2) is 9.55 Å². The Morgan fingerprint density at radius 2 is 2.44 bits per heavy atom. The first-order valence-electron chi connectivity index (χ1n) is 2.83. The molecule has 3 heteroatoms. The first-order valence-corrected chi connectivity index (χ1v) is 3.74. The average Bonchev–Trinajstić information content (AvgIpc) is 2.13. The normalized spacial score (nSPS) is 13.7. The van der Waals surface area contributed by atoms with E-state index >= 15 is 0 Å². The van der Waals surface area contributed by atoms with E-state index in [9.17, 15) is 0 Å². The van der Waals surface area contributed by atoms with Crippen LogP contribution in [0.3, 0.4) is 0 Å². The molecule has 1 aromatic heterocycles. The van der Waals surface area contributed by atoms with Crippen LogP contribution in [0.25, 0.3) is 0 Å². The van der Waals surface area contributed by atoms with E-state index in [2.05, 4.69) is 27.8 Å². The number of hydrogen-bond acceptors (Lipinski definition) is 1. The fourth-order valence-electron chi connectivity index (χ4n) is 0.760. The van der Waals surface area contributed by atoms with Gasteiger partial charge in [-0.25, -0.2) is 4.98 Å². The minimum Gasteiger partial charge on any atom is -0.337 e. The molecule has 0 spiro atoms. The number of imidazole rings is 1. The van der Waals surface area contributed by atoms with Crippen molar-refractivity contribution in [2.24, 2.45) is 7.05 Å². The van der Waals surface area contributed by atoms with Crippen LogP contribution in [0.5, 0.6) is 0 Å². The number of aryl methyl sites for hydroxylation is 1. The number of halogens is 1. The summed E-state index contributed by atoms with van der Waals surface area (Å²) in [5.74, 6) is 1.06. The van der Waals surface area contributed by atoms with Gasteiger partial charge in [0.2, 0.25) is 0 Å². The van der Waals surface area contributed by atoms with Gasteiger partial charge < -0.3 is 4.57 Å². The summed E-state index contributed by atoms with van der Waals surface area (Å²) >= 11 is 3.43. The maximum Gasteiger partial charge on any atom is 0.121 e. The minimum atomic E-state index is 0.345. The number of hydrogen-bond donors (Lipinski definition) is 0. The summed E-state index contributed by atoms with van der Waals surface area (Å²) in [5, 5.41) is 0. The second kappa shape index (κ2) is 2.52. The number of alkyl halides is 1. The van der Waals surface area contributed by atoms with Gasteiger partial charge in [0, 0.05) is 19.4 Å². The van der Waals surface area contributed by atoms with Crippen molar-refractivity contribution in [3.05, 3.63) is 18.2 Å². The molecule has 0 bridgehead atoms. The second-order valence-electron chi connectivity index (χ2n) is 2.01. The van der Waals surface area contributed by atoms with E-state index in [-0.39, 0.29) is 0 Å². The molecule has 0 aliphatic carbocycles. The van der Waals surface area contributed by atoms with Crippen molar-refractivity contribution in [2.75, 3.05) is 0 Å². The molecule has 9 heavy (non-hydrogen) atoms. The largest absolute Gasteiger partial charge is 0.337 e. The van der Waals surface area contributed by atoms with Gasteiger partial charge in [0.15, 0.2) is 0 Å². The maximum atomic E-state index is 4.13. The Labute approximate surface area is 63.0 Å². The molecule has 0 aromatic carbocycles. The number of rotatable bonds is 1. The molecule has 1 unspecified atom stereocenters. The Hall–Kier alpha value is -0.310. The summed E-state index contributed by atoms with van der Waals surface area (Å²) in [7, 11) is 1.99. The van der Waals surface area contributed by atoms with Crippen LogP contribution < -0.4 is 0 Å². The summed E-state index contributed by atoms with van der Waals surface area (Å²) in [6.07, 6.45) is 3.74. The molecule has 0 amide bonds. The molecule has 50 valence electrons. The molecular formula is C6H9BrN2. The lowest BCUT2D eigenvalue weighted by atomic mass is 10.5. The Morgan fingerprint density at radius 1 is 1.78 bits per heavy atom. The zero-order valence-electron chi connectivity index (χ0n) is 5.50. The monoisotopic (exact) mass is 188 g/mol. The summed E-state index contributed by atoms with van der Waals surface area (Å²) in [6, 6.07) is 0. The topological polar surface area (TPSA) is 17.8 Å². The highest BCUT2D eigenvalue weighted by molar-refractivity contribution is 9.09. The first kappa shape index (κ1) is 6.81. The highest BCUT2D eigenvalue weighted by atomic mass is 79.9. The third-order valence-electron chi connectivity index (χ3n) is 1.21. The molecule has 1 aromatic rings. The average molecular weight is 189 g/mol. The molecule has 0 saturated heterocycles. The van der Waals surface area contributed by atoms with E-state index in [0.29, 0.717) is 4.83 Å². The lowest BCUT2D eigenvalue weighted by Crippen LogP contribution is -1.95.